The summed E-state index contributed by atoms with van der Waals surface area (Å²) in [5.74, 6) is 0. The van der Waals surface area contributed by atoms with Crippen molar-refractivity contribution < 1.29 is 0 Å². The molecule has 26 heavy (non-hydrogen) atoms. The average Bonchev–Trinajstić information content (AvgIpc) is 3.05. The monoisotopic (exact) mass is 386 g/mol. The van der Waals surface area contributed by atoms with Crippen molar-refractivity contribution in [3.63, 3.8) is 0 Å². The van der Waals surface area contributed by atoms with Gasteiger partial charge in [0.05, 0.1) is 11.4 Å². The topological polar surface area (TPSA) is 6.48 Å². The molecule has 0 saturated carbocycles. The van der Waals surface area contributed by atoms with Crippen molar-refractivity contribution in [2.24, 2.45) is 5.41 Å². The maximum atomic E-state index is 6.38. The Morgan fingerprint density at radius 1 is 1.08 bits per heavy atom. The Bertz CT molecular complexity index is 793. The van der Waals surface area contributed by atoms with Gasteiger partial charge in [-0.15, -0.1) is 0 Å². The summed E-state index contributed by atoms with van der Waals surface area (Å²) in [5, 5.41) is 0.819. The van der Waals surface area contributed by atoms with Gasteiger partial charge in [-0.1, -0.05) is 55.8 Å². The Labute approximate surface area is 166 Å². The number of anilines is 2. The molecule has 2 heterocycles. The van der Waals surface area contributed by atoms with Crippen LogP contribution in [-0.4, -0.2) is 31.1 Å². The molecule has 0 unspecified atom stereocenters. The summed E-state index contributed by atoms with van der Waals surface area (Å²) in [5.41, 5.74) is 2.96. The standard InChI is InChI=1S/C22H27ClN2S/c1-3-11-22(12-13-24(4-2)15-22)16-25-18-7-5-6-8-20(18)26-21-10-9-17(23)14-19(21)25/h5-10,14H,3-4,11-13,15-16H2,1-2H3/t22-/m0/s1. The van der Waals surface area contributed by atoms with E-state index in [0.717, 1.165) is 18.1 Å². The van der Waals surface area contributed by atoms with Crippen LogP contribution in [0.4, 0.5) is 11.4 Å². The van der Waals surface area contributed by atoms with Gasteiger partial charge in [-0.25, -0.2) is 0 Å². The molecule has 2 nitrogen and oxygen atoms in total. The Morgan fingerprint density at radius 3 is 2.65 bits per heavy atom. The van der Waals surface area contributed by atoms with Crippen molar-refractivity contribution in [1.82, 2.24) is 4.90 Å². The van der Waals surface area contributed by atoms with Gasteiger partial charge >= 0.3 is 0 Å². The van der Waals surface area contributed by atoms with Crippen LogP contribution < -0.4 is 4.90 Å². The first-order valence-corrected chi connectivity index (χ1v) is 10.9. The summed E-state index contributed by atoms with van der Waals surface area (Å²) in [4.78, 5) is 7.81. The van der Waals surface area contributed by atoms with Gasteiger partial charge in [-0.2, -0.15) is 0 Å². The number of para-hydroxylation sites is 1. The number of hydrogen-bond acceptors (Lipinski definition) is 3. The molecule has 0 aromatic heterocycles. The van der Waals surface area contributed by atoms with E-state index in [0.29, 0.717) is 5.41 Å². The molecule has 0 amide bonds. The number of benzene rings is 2. The molecule has 138 valence electrons. The zero-order valence-electron chi connectivity index (χ0n) is 15.7. The van der Waals surface area contributed by atoms with E-state index in [-0.39, 0.29) is 0 Å². The van der Waals surface area contributed by atoms with Crippen LogP contribution in [0.2, 0.25) is 5.02 Å². The molecule has 0 N–H and O–H groups in total. The fourth-order valence-electron chi connectivity index (χ4n) is 4.55. The first kappa shape index (κ1) is 18.2. The van der Waals surface area contributed by atoms with Crippen LogP contribution in [0.5, 0.6) is 0 Å². The molecule has 0 bridgehead atoms. The van der Waals surface area contributed by atoms with E-state index in [1.807, 2.05) is 17.8 Å². The van der Waals surface area contributed by atoms with Gasteiger partial charge in [0.25, 0.3) is 0 Å². The lowest BCUT2D eigenvalue weighted by atomic mass is 9.81. The summed E-state index contributed by atoms with van der Waals surface area (Å²) < 4.78 is 0. The number of nitrogens with zero attached hydrogens (tertiary/aromatic N) is 2. The number of halogens is 1. The number of fused-ring (bicyclic) bond motifs is 2. The molecule has 0 spiro atoms. The highest BCUT2D eigenvalue weighted by molar-refractivity contribution is 7.99. The first-order chi connectivity index (χ1) is 12.6. The minimum absolute atomic E-state index is 0.361. The maximum Gasteiger partial charge on any atom is 0.0567 e. The minimum atomic E-state index is 0.361. The molecule has 2 aliphatic heterocycles. The fraction of sp³-hybridized carbons (Fsp3) is 0.455. The maximum absolute atomic E-state index is 6.38. The van der Waals surface area contributed by atoms with Crippen LogP contribution in [0.15, 0.2) is 52.3 Å². The summed E-state index contributed by atoms with van der Waals surface area (Å²) in [6.07, 6.45) is 3.81. The Balaban J connectivity index is 1.74. The van der Waals surface area contributed by atoms with E-state index in [2.05, 4.69) is 60.0 Å². The van der Waals surface area contributed by atoms with Gasteiger partial charge in [0.2, 0.25) is 0 Å². The Hall–Kier alpha value is -1.16. The van der Waals surface area contributed by atoms with Crippen LogP contribution in [0, 0.1) is 5.41 Å². The van der Waals surface area contributed by atoms with Crippen LogP contribution in [-0.2, 0) is 0 Å². The molecule has 2 aromatic rings. The zero-order chi connectivity index (χ0) is 18.1. The number of hydrogen-bond donors (Lipinski definition) is 0. The summed E-state index contributed by atoms with van der Waals surface area (Å²) >= 11 is 8.24. The van der Waals surface area contributed by atoms with Gasteiger partial charge < -0.3 is 9.80 Å². The van der Waals surface area contributed by atoms with E-state index >= 15 is 0 Å². The number of likely N-dealkylation sites (tertiary alicyclic amines) is 1. The van der Waals surface area contributed by atoms with Crippen molar-refractivity contribution in [1.29, 1.82) is 0 Å². The molecule has 4 heteroatoms. The molecular weight excluding hydrogens is 360 g/mol. The van der Waals surface area contributed by atoms with Gasteiger partial charge in [-0.3, -0.25) is 0 Å². The minimum Gasteiger partial charge on any atom is -0.339 e. The Kier molecular flexibility index (Phi) is 5.22. The third-order valence-corrected chi connectivity index (χ3v) is 7.19. The molecule has 4 rings (SSSR count). The van der Waals surface area contributed by atoms with Gasteiger partial charge in [0.1, 0.15) is 0 Å². The highest BCUT2D eigenvalue weighted by Crippen LogP contribution is 2.50. The molecular formula is C22H27ClN2S. The lowest BCUT2D eigenvalue weighted by Crippen LogP contribution is -2.38. The zero-order valence-corrected chi connectivity index (χ0v) is 17.2. The van der Waals surface area contributed by atoms with Gasteiger partial charge in [0.15, 0.2) is 0 Å². The molecule has 1 atom stereocenters. The summed E-state index contributed by atoms with van der Waals surface area (Å²) in [6.45, 7) is 9.26. The predicted molar refractivity (Wildman–Crippen MR) is 113 cm³/mol. The second kappa shape index (κ2) is 7.46. The third kappa shape index (κ3) is 3.37. The summed E-state index contributed by atoms with van der Waals surface area (Å²) in [7, 11) is 0. The molecule has 1 saturated heterocycles. The van der Waals surface area contributed by atoms with Crippen molar-refractivity contribution in [3.8, 4) is 0 Å². The van der Waals surface area contributed by atoms with E-state index in [1.165, 1.54) is 53.5 Å². The first-order valence-electron chi connectivity index (χ1n) is 9.70. The molecule has 2 aromatic carbocycles. The lowest BCUT2D eigenvalue weighted by Gasteiger charge is -2.40. The quantitative estimate of drug-likeness (QED) is 0.582. The second-order valence-corrected chi connectivity index (χ2v) is 9.16. The van der Waals surface area contributed by atoms with Crippen molar-refractivity contribution in [2.45, 2.75) is 42.9 Å². The van der Waals surface area contributed by atoms with Crippen LogP contribution in [0.1, 0.15) is 33.1 Å². The molecule has 1 fully saturated rings. The van der Waals surface area contributed by atoms with E-state index in [9.17, 15) is 0 Å². The van der Waals surface area contributed by atoms with Crippen LogP contribution >= 0.6 is 23.4 Å². The molecule has 2 aliphatic rings. The summed E-state index contributed by atoms with van der Waals surface area (Å²) in [6, 6.07) is 15.1. The van der Waals surface area contributed by atoms with Crippen molar-refractivity contribution in [3.05, 3.63) is 47.5 Å². The van der Waals surface area contributed by atoms with E-state index < -0.39 is 0 Å². The highest BCUT2D eigenvalue weighted by Gasteiger charge is 2.40. The largest absolute Gasteiger partial charge is 0.339 e. The molecule has 0 radical (unpaired) electrons. The lowest BCUT2D eigenvalue weighted by molar-refractivity contribution is 0.251. The van der Waals surface area contributed by atoms with E-state index in [1.54, 1.807) is 0 Å². The normalized spacial score (nSPS) is 22.3. The third-order valence-electron chi connectivity index (χ3n) is 5.83. The number of rotatable bonds is 5. The molecule has 0 aliphatic carbocycles. The SMILES string of the molecule is CCC[C@]1(CN2c3ccccc3Sc3ccc(Cl)cc32)CCN(CC)C1. The predicted octanol–water partition coefficient (Wildman–Crippen LogP) is 6.45. The van der Waals surface area contributed by atoms with Crippen molar-refractivity contribution >= 4 is 34.7 Å². The van der Waals surface area contributed by atoms with Crippen LogP contribution in [0.25, 0.3) is 0 Å². The fourth-order valence-corrected chi connectivity index (χ4v) is 5.79. The second-order valence-electron chi connectivity index (χ2n) is 7.64. The van der Waals surface area contributed by atoms with Crippen LogP contribution in [0.3, 0.4) is 0 Å². The van der Waals surface area contributed by atoms with E-state index in [4.69, 9.17) is 11.6 Å². The van der Waals surface area contributed by atoms with Gasteiger partial charge in [0, 0.05) is 33.3 Å². The smallest absolute Gasteiger partial charge is 0.0567 e. The van der Waals surface area contributed by atoms with Gasteiger partial charge in [-0.05, 0) is 56.3 Å². The average molecular weight is 387 g/mol. The Morgan fingerprint density at radius 2 is 1.88 bits per heavy atom. The van der Waals surface area contributed by atoms with Crippen molar-refractivity contribution in [2.75, 3.05) is 31.1 Å². The highest BCUT2D eigenvalue weighted by atomic mass is 35.5.